The highest BCUT2D eigenvalue weighted by Crippen LogP contribution is 2.39. The van der Waals surface area contributed by atoms with Gasteiger partial charge in [0.25, 0.3) is 11.6 Å². The molecule has 35 heavy (non-hydrogen) atoms. The Labute approximate surface area is 202 Å². The Morgan fingerprint density at radius 2 is 1.57 bits per heavy atom. The summed E-state index contributed by atoms with van der Waals surface area (Å²) < 4.78 is 11.3. The summed E-state index contributed by atoms with van der Waals surface area (Å²) in [6, 6.07) is 11.2. The van der Waals surface area contributed by atoms with Crippen LogP contribution >= 0.6 is 7.60 Å². The molecule has 188 valence electrons. The number of nitro benzene ring substituents is 1. The Hall–Kier alpha value is -3.07. The number of nitrogens with zero attached hydrogens (tertiary/aromatic N) is 2. The summed E-state index contributed by atoms with van der Waals surface area (Å²) in [5.41, 5.74) is 1.20. The van der Waals surface area contributed by atoms with Gasteiger partial charge in [0.2, 0.25) is 0 Å². The van der Waals surface area contributed by atoms with E-state index in [1.54, 1.807) is 24.3 Å². The molecule has 1 saturated carbocycles. The zero-order chi connectivity index (χ0) is 25.6. The second-order valence-electron chi connectivity index (χ2n) is 8.94. The first kappa shape index (κ1) is 26.5. The topological polar surface area (TPSA) is 158 Å². The molecule has 1 atom stereocenters. The summed E-state index contributed by atoms with van der Waals surface area (Å²) in [7, 11) is -4.23. The van der Waals surface area contributed by atoms with Crippen molar-refractivity contribution in [2.75, 3.05) is 0 Å². The van der Waals surface area contributed by atoms with Gasteiger partial charge in [-0.25, -0.2) is 0 Å². The SMILES string of the molecule is O=C(O)CC(C1CCCCC1)N(Cc1ccc(CP(=O)(O)O)cc1)C(=O)c1ccc([N+](=O)[O-])cc1. The number of benzene rings is 2. The Morgan fingerprint density at radius 3 is 2.09 bits per heavy atom. The Balaban J connectivity index is 1.94. The van der Waals surface area contributed by atoms with Gasteiger partial charge in [0.1, 0.15) is 0 Å². The molecule has 2 aromatic rings. The average molecular weight is 504 g/mol. The van der Waals surface area contributed by atoms with Crippen molar-refractivity contribution in [3.63, 3.8) is 0 Å². The molecule has 1 aliphatic carbocycles. The lowest BCUT2D eigenvalue weighted by atomic mass is 9.81. The van der Waals surface area contributed by atoms with Crippen LogP contribution in [0.4, 0.5) is 5.69 Å². The number of aliphatic carboxylic acids is 1. The fraction of sp³-hybridized carbons (Fsp3) is 0.417. The Kier molecular flexibility index (Phi) is 8.77. The van der Waals surface area contributed by atoms with Gasteiger partial charge in [-0.1, -0.05) is 43.5 Å². The van der Waals surface area contributed by atoms with Crippen molar-refractivity contribution in [1.82, 2.24) is 4.90 Å². The van der Waals surface area contributed by atoms with Crippen LogP contribution in [-0.2, 0) is 22.1 Å². The summed E-state index contributed by atoms with van der Waals surface area (Å²) in [4.78, 5) is 55.8. The minimum atomic E-state index is -4.23. The number of carboxylic acid groups (broad SMARTS) is 1. The largest absolute Gasteiger partial charge is 0.481 e. The molecule has 2 aromatic carbocycles. The van der Waals surface area contributed by atoms with E-state index in [9.17, 15) is 39.2 Å². The molecule has 0 aliphatic heterocycles. The second-order valence-corrected chi connectivity index (χ2v) is 10.6. The molecule has 1 fully saturated rings. The molecule has 0 aromatic heterocycles. The number of carbonyl (C=O) groups excluding carboxylic acids is 1. The van der Waals surface area contributed by atoms with Crippen molar-refractivity contribution in [2.45, 2.75) is 57.3 Å². The third kappa shape index (κ3) is 7.71. The van der Waals surface area contributed by atoms with E-state index >= 15 is 0 Å². The summed E-state index contributed by atoms with van der Waals surface area (Å²) in [6.07, 6.45) is 3.97. The lowest BCUT2D eigenvalue weighted by Gasteiger charge is -2.38. The lowest BCUT2D eigenvalue weighted by Crippen LogP contribution is -2.46. The number of rotatable bonds is 10. The van der Waals surface area contributed by atoms with Crippen LogP contribution < -0.4 is 0 Å². The molecule has 0 spiro atoms. The van der Waals surface area contributed by atoms with Gasteiger partial charge in [0, 0.05) is 30.3 Å². The van der Waals surface area contributed by atoms with Crippen molar-refractivity contribution >= 4 is 25.2 Å². The highest BCUT2D eigenvalue weighted by molar-refractivity contribution is 7.50. The number of nitro groups is 1. The summed E-state index contributed by atoms with van der Waals surface area (Å²) in [5.74, 6) is -1.43. The second kappa shape index (κ2) is 11.6. The third-order valence-corrected chi connectivity index (χ3v) is 7.11. The molecule has 10 nitrogen and oxygen atoms in total. The van der Waals surface area contributed by atoms with Gasteiger partial charge in [-0.3, -0.25) is 24.3 Å². The van der Waals surface area contributed by atoms with Crippen LogP contribution in [0.5, 0.6) is 0 Å². The minimum absolute atomic E-state index is 0.00998. The molecule has 0 heterocycles. The van der Waals surface area contributed by atoms with Gasteiger partial charge in [-0.05, 0) is 42.0 Å². The third-order valence-electron chi connectivity index (χ3n) is 6.33. The molecule has 0 bridgehead atoms. The zero-order valence-corrected chi connectivity index (χ0v) is 20.0. The minimum Gasteiger partial charge on any atom is -0.481 e. The Bertz CT molecular complexity index is 1090. The van der Waals surface area contributed by atoms with Crippen LogP contribution in [0.2, 0.25) is 0 Å². The predicted molar refractivity (Wildman–Crippen MR) is 128 cm³/mol. The highest BCUT2D eigenvalue weighted by Gasteiger charge is 2.34. The average Bonchev–Trinajstić information content (AvgIpc) is 2.81. The van der Waals surface area contributed by atoms with Crippen molar-refractivity contribution < 1.29 is 34.0 Å². The van der Waals surface area contributed by atoms with E-state index < -0.39 is 36.6 Å². The van der Waals surface area contributed by atoms with Gasteiger partial charge in [0.15, 0.2) is 0 Å². The number of amides is 1. The first-order valence-electron chi connectivity index (χ1n) is 11.4. The van der Waals surface area contributed by atoms with Crippen LogP contribution in [-0.4, -0.2) is 42.6 Å². The number of carbonyl (C=O) groups is 2. The molecule has 0 radical (unpaired) electrons. The molecule has 3 rings (SSSR count). The van der Waals surface area contributed by atoms with E-state index in [0.29, 0.717) is 11.1 Å². The predicted octanol–water partition coefficient (Wildman–Crippen LogP) is 4.34. The number of hydrogen-bond donors (Lipinski definition) is 3. The Morgan fingerprint density at radius 1 is 1.00 bits per heavy atom. The molecular formula is C24H29N2O8P. The van der Waals surface area contributed by atoms with E-state index in [2.05, 4.69) is 0 Å². The fourth-order valence-corrected chi connectivity index (χ4v) is 5.33. The van der Waals surface area contributed by atoms with Crippen LogP contribution in [0.3, 0.4) is 0 Å². The van der Waals surface area contributed by atoms with E-state index in [-0.39, 0.29) is 30.1 Å². The number of carboxylic acids is 1. The molecule has 1 unspecified atom stereocenters. The molecule has 0 saturated heterocycles. The normalized spacial score (nSPS) is 15.4. The van der Waals surface area contributed by atoms with Gasteiger partial charge >= 0.3 is 13.6 Å². The maximum Gasteiger partial charge on any atom is 0.329 e. The van der Waals surface area contributed by atoms with E-state index in [4.69, 9.17) is 0 Å². The van der Waals surface area contributed by atoms with E-state index in [1.165, 1.54) is 29.2 Å². The summed E-state index contributed by atoms with van der Waals surface area (Å²) >= 11 is 0. The van der Waals surface area contributed by atoms with Gasteiger partial charge in [0.05, 0.1) is 17.5 Å². The van der Waals surface area contributed by atoms with Crippen LogP contribution in [0.15, 0.2) is 48.5 Å². The zero-order valence-electron chi connectivity index (χ0n) is 19.2. The molecule has 1 amide bonds. The maximum atomic E-state index is 13.6. The van der Waals surface area contributed by atoms with E-state index in [0.717, 1.165) is 32.1 Å². The molecular weight excluding hydrogens is 475 g/mol. The van der Waals surface area contributed by atoms with Crippen molar-refractivity contribution in [2.24, 2.45) is 5.92 Å². The van der Waals surface area contributed by atoms with Gasteiger partial charge in [-0.2, -0.15) is 0 Å². The van der Waals surface area contributed by atoms with Crippen molar-refractivity contribution in [1.29, 1.82) is 0 Å². The molecule has 3 N–H and O–H groups in total. The van der Waals surface area contributed by atoms with Crippen molar-refractivity contribution in [3.8, 4) is 0 Å². The van der Waals surface area contributed by atoms with Crippen molar-refractivity contribution in [3.05, 3.63) is 75.3 Å². The quantitative estimate of drug-likeness (QED) is 0.245. The van der Waals surface area contributed by atoms with Gasteiger partial charge in [-0.15, -0.1) is 0 Å². The first-order valence-corrected chi connectivity index (χ1v) is 13.2. The lowest BCUT2D eigenvalue weighted by molar-refractivity contribution is -0.384. The van der Waals surface area contributed by atoms with Gasteiger partial charge < -0.3 is 19.8 Å². The summed E-state index contributed by atoms with van der Waals surface area (Å²) in [5, 5.41) is 20.6. The standard InChI is InChI=1S/C24H29N2O8P/c27-23(28)14-22(19-4-2-1-3-5-19)25(24(29)20-10-12-21(13-11-20)26(30)31)15-17-6-8-18(9-7-17)16-35(32,33)34/h6-13,19,22H,1-5,14-16H2,(H,27,28)(H2,32,33,34). The number of hydrogen-bond acceptors (Lipinski definition) is 5. The highest BCUT2D eigenvalue weighted by atomic mass is 31.2. The molecule has 11 heteroatoms. The van der Waals surface area contributed by atoms with Crippen LogP contribution in [0.1, 0.15) is 60.0 Å². The van der Waals surface area contributed by atoms with E-state index in [1.807, 2.05) is 0 Å². The smallest absolute Gasteiger partial charge is 0.329 e. The number of non-ortho nitro benzene ring substituents is 1. The van der Waals surface area contributed by atoms with Crippen LogP contribution in [0, 0.1) is 16.0 Å². The first-order chi connectivity index (χ1) is 16.5. The molecule has 1 aliphatic rings. The van der Waals surface area contributed by atoms with Crippen LogP contribution in [0.25, 0.3) is 0 Å². The maximum absolute atomic E-state index is 13.6. The monoisotopic (exact) mass is 504 g/mol. The summed E-state index contributed by atoms with van der Waals surface area (Å²) in [6.45, 7) is 0.0977. The fourth-order valence-electron chi connectivity index (χ4n) is 4.65.